The Morgan fingerprint density at radius 1 is 0.324 bits per heavy atom. The van der Waals surface area contributed by atoms with Crippen molar-refractivity contribution in [1.29, 1.82) is 0 Å². The van der Waals surface area contributed by atoms with Crippen LogP contribution in [0.5, 0.6) is 0 Å². The van der Waals surface area contributed by atoms with Gasteiger partial charge in [0.25, 0.3) is 0 Å². The molecule has 792 valence electrons. The zero-order valence-corrected chi connectivity index (χ0v) is 89.6. The van der Waals surface area contributed by atoms with Crippen molar-refractivity contribution in [2.24, 2.45) is 11.5 Å². The minimum atomic E-state index is -0.522. The molecule has 6 atom stereocenters. The maximum Gasteiger partial charge on any atom is 0.407 e. The number of hydrogen-bond donors (Lipinski definition) is 8. The number of nitrogens with zero attached hydrogens (tertiary/aromatic N) is 6. The quantitative estimate of drug-likeness (QED) is 0.0442. The van der Waals surface area contributed by atoms with Crippen molar-refractivity contribution in [2.75, 3.05) is 93.1 Å². The average Bonchev–Trinajstić information content (AvgIpc) is 1.74. The molecule has 34 nitrogen and oxygen atoms in total. The van der Waals surface area contributed by atoms with Gasteiger partial charge in [-0.2, -0.15) is 0 Å². The van der Waals surface area contributed by atoms with E-state index in [9.17, 15) is 19.2 Å². The molecule has 0 bridgehead atoms. The number of oxazole rings is 6. The number of aliphatic hydroxyl groups is 2. The summed E-state index contributed by atoms with van der Waals surface area (Å²) in [4.78, 5) is 71.2. The number of nitrogens with one attached hydrogen (secondary N) is 4. The Kier molecular flexibility index (Phi) is 52.5. The minimum absolute atomic E-state index is 0. The van der Waals surface area contributed by atoms with Crippen LogP contribution in [0.4, 0.5) is 19.2 Å². The van der Waals surface area contributed by atoms with Gasteiger partial charge in [0.15, 0.2) is 67.2 Å². The molecule has 39 heteroatoms. The van der Waals surface area contributed by atoms with E-state index in [2.05, 4.69) is 102 Å². The van der Waals surface area contributed by atoms with Crippen molar-refractivity contribution >= 4 is 89.9 Å². The number of hydrogen-bond acceptors (Lipinski definition) is 30. The van der Waals surface area contributed by atoms with Gasteiger partial charge in [-0.05, 0) is 233 Å². The Hall–Kier alpha value is -11.1. The van der Waals surface area contributed by atoms with E-state index in [4.69, 9.17) is 91.1 Å². The number of nitrogens with two attached hydrogens (primary N) is 2. The van der Waals surface area contributed by atoms with Crippen molar-refractivity contribution in [1.82, 2.24) is 51.2 Å². The van der Waals surface area contributed by atoms with Crippen molar-refractivity contribution in [3.8, 4) is 56.6 Å². The number of alkyl carbamates (subject to hydrolysis) is 4. The second-order valence-electron chi connectivity index (χ2n) is 37.0. The van der Waals surface area contributed by atoms with Crippen molar-refractivity contribution in [2.45, 2.75) is 219 Å². The maximum atomic E-state index is 11.9. The summed E-state index contributed by atoms with van der Waals surface area (Å²) in [6, 6.07) is 36.6. The third kappa shape index (κ3) is 38.6. The van der Waals surface area contributed by atoms with Gasteiger partial charge in [-0.15, -0.1) is 49.6 Å². The molecule has 6 aliphatic heterocycles. The van der Waals surface area contributed by atoms with Gasteiger partial charge in [-0.25, -0.2) is 49.1 Å². The predicted molar refractivity (Wildman–Crippen MR) is 563 cm³/mol. The molecule has 10 N–H and O–H groups in total. The maximum absolute atomic E-state index is 11.9. The van der Waals surface area contributed by atoms with Crippen LogP contribution in [0.3, 0.4) is 0 Å². The third-order valence-corrected chi connectivity index (χ3v) is 23.0. The van der Waals surface area contributed by atoms with E-state index in [0.29, 0.717) is 65.7 Å². The second kappa shape index (κ2) is 62.1. The highest BCUT2D eigenvalue weighted by Crippen LogP contribution is 2.41. The number of aromatic nitrogens is 6. The molecule has 18 rings (SSSR count). The number of ether oxygens (including phenoxy) is 10. The van der Waals surface area contributed by atoms with Crippen LogP contribution in [0.2, 0.25) is 0 Å². The summed E-state index contributed by atoms with van der Waals surface area (Å²) in [7, 11) is 2.00. The summed E-state index contributed by atoms with van der Waals surface area (Å²) < 4.78 is 89.3. The number of carbonyl (C=O) groups is 4. The van der Waals surface area contributed by atoms with Crippen LogP contribution in [0.1, 0.15) is 225 Å². The molecule has 0 radical (unpaired) electrons. The van der Waals surface area contributed by atoms with E-state index in [1.54, 1.807) is 37.2 Å². The first-order chi connectivity index (χ1) is 68.0. The Morgan fingerprint density at radius 2 is 0.538 bits per heavy atom. The van der Waals surface area contributed by atoms with Gasteiger partial charge in [0.05, 0.1) is 75.6 Å². The van der Waals surface area contributed by atoms with E-state index >= 15 is 0 Å². The van der Waals surface area contributed by atoms with Gasteiger partial charge in [0.2, 0.25) is 0 Å². The zero-order valence-electron chi connectivity index (χ0n) is 84.7. The number of halogens is 5. The lowest BCUT2D eigenvalue weighted by atomic mass is 9.93. The van der Waals surface area contributed by atoms with Crippen LogP contribution in [-0.2, 0) is 85.9 Å². The molecular formula is C106H141BrCl4N12O22. The molecule has 0 fully saturated rings. The second-order valence-corrected chi connectivity index (χ2v) is 37.8. The van der Waals surface area contributed by atoms with Crippen LogP contribution < -0.4 is 32.7 Å². The normalized spacial score (nSPS) is 16.9. The Labute approximate surface area is 881 Å². The molecule has 2 unspecified atom stereocenters. The Morgan fingerprint density at radius 3 is 0.731 bits per heavy atom. The van der Waals surface area contributed by atoms with E-state index in [-0.39, 0.29) is 86.3 Å². The number of benzene rings is 6. The highest BCUT2D eigenvalue weighted by molar-refractivity contribution is 9.10. The average molecular weight is 2160 g/mol. The van der Waals surface area contributed by atoms with Crippen molar-refractivity contribution in [3.63, 3.8) is 0 Å². The monoisotopic (exact) mass is 2150 g/mol. The van der Waals surface area contributed by atoms with Crippen LogP contribution >= 0.6 is 65.6 Å². The molecule has 6 aromatic heterocycles. The predicted octanol–water partition coefficient (Wildman–Crippen LogP) is 21.8. The van der Waals surface area contributed by atoms with Crippen LogP contribution in [0.15, 0.2) is 222 Å². The summed E-state index contributed by atoms with van der Waals surface area (Å²) in [5.74, 6) is 3.86. The van der Waals surface area contributed by atoms with Gasteiger partial charge in [0, 0.05) is 99.2 Å². The Balaban J connectivity index is 0.000000261. The number of carbonyl (C=O) groups excluding carboxylic acids is 4. The first-order valence-electron chi connectivity index (χ1n) is 47.5. The molecule has 0 aliphatic carbocycles. The molecular weight excluding hydrogens is 2010 g/mol. The lowest BCUT2D eigenvalue weighted by Gasteiger charge is -2.23. The number of amides is 4. The molecule has 6 aliphatic rings. The smallest absolute Gasteiger partial charge is 0.407 e. The fourth-order valence-corrected chi connectivity index (χ4v) is 17.1. The summed E-state index contributed by atoms with van der Waals surface area (Å²) in [5.41, 5.74) is 28.9. The molecule has 0 saturated carbocycles. The molecule has 12 heterocycles. The van der Waals surface area contributed by atoms with Gasteiger partial charge in [0.1, 0.15) is 53.1 Å². The Bertz CT molecular complexity index is 5290. The zero-order chi connectivity index (χ0) is 101. The van der Waals surface area contributed by atoms with Crippen LogP contribution in [0.25, 0.3) is 56.6 Å². The number of fused-ring (bicyclic) bond motifs is 6. The third-order valence-electron chi connectivity index (χ3n) is 22.2. The number of rotatable bonds is 15. The van der Waals surface area contributed by atoms with Gasteiger partial charge in [-0.1, -0.05) is 119 Å². The lowest BCUT2D eigenvalue weighted by molar-refractivity contribution is 0.0355. The standard InChI is InChI=1S/3C19H24N2O4.C16H22BrNO3.2C14H16N2O2.C3H3NO.2CH4O.4ClH/c3*1-19(2,3)25-18(22)21-11-17-15-7-4-6-14(16-10-20-12-24-16)13(15)8-5-9-23-17;1-16(2,3)21-15(19)18-10-14-12-6-4-8-13(17)11(12)7-5-9-20-14;2*15-7-13-11-3-1-4-12(14-8-16-9-18-14)10(11)5-2-6-17-13;1-2-5-3-4-1;2*1-2;;;;/h3*4,6-7,10,12,17H,5,8-9,11H2,1-3H3,(H,21,22);4,6,8,14H,5,7,9-10H2,1-3H3,(H,18,19);2*1,3-4,8-9,13H,2,5-7,15H2;1-3H;2*2H,1H3;4*1H/t2*17-;;;2*13-;;;;;;;/m10..10......./s1. The fraction of sp³-hybridized carbons (Fsp3) is 0.453. The molecule has 6 aromatic carbocycles. The van der Waals surface area contributed by atoms with E-state index in [0.717, 1.165) is 188 Å². The van der Waals surface area contributed by atoms with Gasteiger partial charge >= 0.3 is 24.4 Å². The number of aliphatic hydroxyl groups excluding tert-OH is 2. The summed E-state index contributed by atoms with van der Waals surface area (Å²) >= 11 is 3.60. The highest BCUT2D eigenvalue weighted by atomic mass is 79.9. The minimum Gasteiger partial charge on any atom is -0.452 e. The summed E-state index contributed by atoms with van der Waals surface area (Å²) in [6.07, 6.45) is 29.2. The van der Waals surface area contributed by atoms with Crippen molar-refractivity contribution in [3.05, 3.63) is 262 Å². The largest absolute Gasteiger partial charge is 0.452 e. The summed E-state index contributed by atoms with van der Waals surface area (Å²) in [6.45, 7) is 28.8. The SMILES string of the molecule is CC(C)(C)OC(=O)NCC1OCCCc2c(-c3cnco3)cccc21.CC(C)(C)OC(=O)NCC1OCCCc2c(Br)cccc21.CC(C)(C)OC(=O)NC[C@@H]1OCCCc2c(-c3cnco3)cccc21.CC(C)(C)OC(=O)NC[C@H]1OCCCc2c(-c3cnco3)cccc21.CO.CO.Cl.Cl.Cl.Cl.NC[C@@H]1OCCCc2c(-c3cnco3)cccc21.NC[C@H]1OCCCc2c(-c3cnco3)cccc21.c1cocn1. The first kappa shape index (κ1) is 123. The molecule has 12 aromatic rings. The topological polar surface area (TPSA) is 457 Å². The van der Waals surface area contributed by atoms with Gasteiger partial charge in [-0.3, -0.25) is 0 Å². The van der Waals surface area contributed by atoms with E-state index in [1.807, 2.05) is 162 Å². The van der Waals surface area contributed by atoms with Crippen LogP contribution in [0, 0.1) is 0 Å². The van der Waals surface area contributed by atoms with E-state index in [1.165, 1.54) is 89.1 Å². The molecule has 4 amide bonds. The van der Waals surface area contributed by atoms with Crippen LogP contribution in [-0.4, -0.2) is 180 Å². The summed E-state index contributed by atoms with van der Waals surface area (Å²) in [5, 5.41) is 25.2. The first-order valence-corrected chi connectivity index (χ1v) is 48.3. The van der Waals surface area contributed by atoms with E-state index < -0.39 is 46.8 Å². The fourth-order valence-electron chi connectivity index (χ4n) is 16.6. The highest BCUT2D eigenvalue weighted by Gasteiger charge is 2.32. The lowest BCUT2D eigenvalue weighted by Crippen LogP contribution is -2.35. The van der Waals surface area contributed by atoms with Crippen molar-refractivity contribution < 1.29 is 103 Å². The molecule has 0 spiro atoms. The molecule has 145 heavy (non-hydrogen) atoms. The molecule has 0 saturated heterocycles. The van der Waals surface area contributed by atoms with Gasteiger partial charge < -0.3 is 117 Å².